The molecule has 2 saturated carbocycles. The van der Waals surface area contributed by atoms with E-state index in [-0.39, 0.29) is 74.2 Å². The maximum Gasteiger partial charge on any atom is 0.334 e. The lowest BCUT2D eigenvalue weighted by molar-refractivity contribution is -0.367. The number of hydrogen-bond acceptors (Lipinski definition) is 13. The number of rotatable bonds is 7. The van der Waals surface area contributed by atoms with E-state index in [1.54, 1.807) is 0 Å². The molecule has 9 aliphatic rings. The summed E-state index contributed by atoms with van der Waals surface area (Å²) in [7, 11) is 0. The Morgan fingerprint density at radius 3 is 2.53 bits per heavy atom. The van der Waals surface area contributed by atoms with E-state index in [4.69, 9.17) is 33.2 Å². The Hall–Kier alpha value is -2.13. The van der Waals surface area contributed by atoms with Gasteiger partial charge in [-0.3, -0.25) is 9.59 Å². The van der Waals surface area contributed by atoms with Crippen molar-refractivity contribution in [1.82, 2.24) is 0 Å². The standard InChI is InChI=1S/C30H38O13/c1-12(2)29-23(42-29)24-30(43-24)27(3)7-6-13-14(9-39-25(13)36)20(27)16-8-28(30,41-16)26(29)40-19(33)5-4-18(32)38-11-17-22(35)21(34)15(31)10-37-17/h12,15-17,20-24,26,31,34-35H,4-11H2,1-3H3/t15?,16?,17?,20-,21?,22-,23+,24+,26+,27+,28-,29+,30-/m1/s1. The number of carbonyl (C=O) groups excluding carboxylic acids is 3. The number of epoxide rings is 2. The lowest BCUT2D eigenvalue weighted by Gasteiger charge is -2.70. The largest absolute Gasteiger partial charge is 0.463 e. The molecule has 43 heavy (non-hydrogen) atoms. The zero-order valence-electron chi connectivity index (χ0n) is 24.4. The summed E-state index contributed by atoms with van der Waals surface area (Å²) in [6, 6.07) is 0. The molecule has 0 aromatic heterocycles. The van der Waals surface area contributed by atoms with Gasteiger partial charge in [-0.2, -0.15) is 0 Å². The van der Waals surface area contributed by atoms with Crippen LogP contribution in [0.2, 0.25) is 0 Å². The van der Waals surface area contributed by atoms with Gasteiger partial charge in [-0.05, 0) is 24.3 Å². The number of carbonyl (C=O) groups is 3. The summed E-state index contributed by atoms with van der Waals surface area (Å²) in [5.41, 5.74) is -0.969. The molecule has 236 valence electrons. The lowest BCUT2D eigenvalue weighted by Crippen LogP contribution is -2.84. The van der Waals surface area contributed by atoms with Crippen LogP contribution in [0, 0.1) is 17.3 Å². The minimum Gasteiger partial charge on any atom is -0.463 e. The molecule has 0 aromatic carbocycles. The molecule has 6 heterocycles. The minimum absolute atomic E-state index is 0.00216. The molecule has 3 N–H and O–H groups in total. The topological polar surface area (TPSA) is 183 Å². The average Bonchev–Trinajstić information content (AvgIpc) is 3.84. The Morgan fingerprint density at radius 2 is 1.79 bits per heavy atom. The first-order chi connectivity index (χ1) is 20.4. The molecule has 13 atom stereocenters. The molecule has 6 aliphatic heterocycles. The Labute approximate surface area is 247 Å². The molecular weight excluding hydrogens is 568 g/mol. The fourth-order valence-electron chi connectivity index (χ4n) is 9.71. The zero-order chi connectivity index (χ0) is 30.3. The van der Waals surface area contributed by atoms with Gasteiger partial charge in [-0.15, -0.1) is 0 Å². The van der Waals surface area contributed by atoms with Crippen LogP contribution in [0.15, 0.2) is 11.1 Å². The first-order valence-electron chi connectivity index (χ1n) is 15.3. The Morgan fingerprint density at radius 1 is 1.05 bits per heavy atom. The maximum atomic E-state index is 13.3. The van der Waals surface area contributed by atoms with Crippen molar-refractivity contribution in [3.8, 4) is 0 Å². The molecule has 3 aliphatic carbocycles. The smallest absolute Gasteiger partial charge is 0.334 e. The van der Waals surface area contributed by atoms with Crippen molar-refractivity contribution in [1.29, 1.82) is 0 Å². The minimum atomic E-state index is -1.41. The summed E-state index contributed by atoms with van der Waals surface area (Å²) in [5, 5.41) is 29.5. The summed E-state index contributed by atoms with van der Waals surface area (Å²) in [5.74, 6) is -1.54. The van der Waals surface area contributed by atoms with E-state index in [1.165, 1.54) is 0 Å². The fourth-order valence-corrected chi connectivity index (χ4v) is 9.71. The third kappa shape index (κ3) is 3.39. The number of aliphatic hydroxyl groups excluding tert-OH is 3. The molecule has 0 aromatic rings. The zero-order valence-corrected chi connectivity index (χ0v) is 24.4. The van der Waals surface area contributed by atoms with Crippen molar-refractivity contribution in [2.24, 2.45) is 17.3 Å². The van der Waals surface area contributed by atoms with Crippen LogP contribution in [0.4, 0.5) is 0 Å². The molecule has 13 heteroatoms. The first-order valence-corrected chi connectivity index (χ1v) is 15.3. The monoisotopic (exact) mass is 606 g/mol. The highest BCUT2D eigenvalue weighted by Crippen LogP contribution is 2.82. The second-order valence-electron chi connectivity index (χ2n) is 14.0. The SMILES string of the molecule is CC(C)[C@]12O[C@H]1[C@@H]1O[C@@]13[C@@]1(C)CCC4=C(COC4=O)[C@@H]1C1C[C@@]3(O1)[C@@H]2OC(=O)CCC(=O)OCC1OCC(O)C(O)[C@@H]1O. The molecule has 0 radical (unpaired) electrons. The van der Waals surface area contributed by atoms with Gasteiger partial charge in [-0.1, -0.05) is 20.8 Å². The van der Waals surface area contributed by atoms with E-state index in [2.05, 4.69) is 6.92 Å². The third-order valence-electron chi connectivity index (χ3n) is 11.8. The highest BCUT2D eigenvalue weighted by molar-refractivity contribution is 5.92. The fraction of sp³-hybridized carbons (Fsp3) is 0.833. The summed E-state index contributed by atoms with van der Waals surface area (Å²) < 4.78 is 42.0. The van der Waals surface area contributed by atoms with Gasteiger partial charge < -0.3 is 48.5 Å². The molecule has 5 saturated heterocycles. The van der Waals surface area contributed by atoms with E-state index in [1.807, 2.05) is 13.8 Å². The third-order valence-corrected chi connectivity index (χ3v) is 11.8. The van der Waals surface area contributed by atoms with E-state index in [9.17, 15) is 29.7 Å². The van der Waals surface area contributed by atoms with Gasteiger partial charge in [0.2, 0.25) is 0 Å². The van der Waals surface area contributed by atoms with Crippen LogP contribution in [-0.2, 0) is 47.5 Å². The summed E-state index contributed by atoms with van der Waals surface area (Å²) in [4.78, 5) is 38.2. The highest BCUT2D eigenvalue weighted by Gasteiger charge is 2.98. The van der Waals surface area contributed by atoms with Crippen molar-refractivity contribution in [3.63, 3.8) is 0 Å². The number of esters is 3. The molecule has 2 bridgehead atoms. The van der Waals surface area contributed by atoms with Crippen LogP contribution in [-0.4, -0.2) is 119 Å². The normalized spacial score (nSPS) is 51.6. The van der Waals surface area contributed by atoms with Crippen molar-refractivity contribution in [2.75, 3.05) is 19.8 Å². The van der Waals surface area contributed by atoms with Crippen LogP contribution < -0.4 is 0 Å². The Kier molecular flexibility index (Phi) is 5.93. The van der Waals surface area contributed by atoms with E-state index in [0.29, 0.717) is 12.8 Å². The van der Waals surface area contributed by atoms with Gasteiger partial charge in [0.1, 0.15) is 66.6 Å². The van der Waals surface area contributed by atoms with Gasteiger partial charge in [0.15, 0.2) is 6.10 Å². The van der Waals surface area contributed by atoms with Crippen molar-refractivity contribution in [3.05, 3.63) is 11.1 Å². The van der Waals surface area contributed by atoms with E-state index in [0.717, 1.165) is 17.6 Å². The molecule has 9 rings (SSSR count). The summed E-state index contributed by atoms with van der Waals surface area (Å²) in [6.07, 6.45) is -4.96. The average molecular weight is 607 g/mol. The molecule has 7 fully saturated rings. The Balaban J connectivity index is 0.982. The highest BCUT2D eigenvalue weighted by atomic mass is 16.7. The predicted molar refractivity (Wildman–Crippen MR) is 139 cm³/mol. The van der Waals surface area contributed by atoms with Crippen molar-refractivity contribution < 1.29 is 62.9 Å². The summed E-state index contributed by atoms with van der Waals surface area (Å²) in [6.45, 7) is 6.02. The van der Waals surface area contributed by atoms with Gasteiger partial charge in [0, 0.05) is 23.3 Å². The number of fused-ring (bicyclic) bond motifs is 2. The molecular formula is C30H38O13. The second kappa shape index (κ2) is 8.99. The van der Waals surface area contributed by atoms with Crippen LogP contribution in [0.25, 0.3) is 0 Å². The van der Waals surface area contributed by atoms with Gasteiger partial charge in [-0.25, -0.2) is 4.79 Å². The number of aliphatic hydroxyl groups is 3. The maximum absolute atomic E-state index is 13.3. The van der Waals surface area contributed by atoms with Crippen LogP contribution in [0.5, 0.6) is 0 Å². The predicted octanol–water partition coefficient (Wildman–Crippen LogP) is -0.541. The van der Waals surface area contributed by atoms with Gasteiger partial charge >= 0.3 is 17.9 Å². The molecule has 4 unspecified atom stereocenters. The first kappa shape index (κ1) is 28.4. The molecule has 13 nitrogen and oxygen atoms in total. The molecule has 0 amide bonds. The lowest BCUT2D eigenvalue weighted by atomic mass is 9.42. The van der Waals surface area contributed by atoms with E-state index >= 15 is 0 Å². The molecule has 2 spiro atoms. The van der Waals surface area contributed by atoms with Gasteiger partial charge in [0.25, 0.3) is 0 Å². The van der Waals surface area contributed by atoms with Crippen LogP contribution in [0.1, 0.15) is 52.9 Å². The number of ether oxygens (including phenoxy) is 7. The van der Waals surface area contributed by atoms with E-state index < -0.39 is 59.3 Å². The summed E-state index contributed by atoms with van der Waals surface area (Å²) >= 11 is 0. The van der Waals surface area contributed by atoms with Crippen LogP contribution in [0.3, 0.4) is 0 Å². The van der Waals surface area contributed by atoms with Gasteiger partial charge in [0.05, 0.1) is 25.6 Å². The number of cyclic esters (lactones) is 1. The van der Waals surface area contributed by atoms with Crippen molar-refractivity contribution in [2.45, 2.75) is 119 Å². The van der Waals surface area contributed by atoms with Crippen LogP contribution >= 0.6 is 0 Å². The van der Waals surface area contributed by atoms with Crippen molar-refractivity contribution >= 4 is 17.9 Å². The quantitative estimate of drug-likeness (QED) is 0.191. The Bertz CT molecular complexity index is 1300. The second-order valence-corrected chi connectivity index (χ2v) is 14.0. The number of hydrogen-bond donors (Lipinski definition) is 3.